The fourth-order valence-corrected chi connectivity index (χ4v) is 2.07. The van der Waals surface area contributed by atoms with Gasteiger partial charge in [0, 0.05) is 6.04 Å². The van der Waals surface area contributed by atoms with Crippen molar-refractivity contribution in [2.24, 2.45) is 11.8 Å². The summed E-state index contributed by atoms with van der Waals surface area (Å²) < 4.78 is 5.23. The van der Waals surface area contributed by atoms with E-state index in [1.807, 2.05) is 13.8 Å². The van der Waals surface area contributed by atoms with Crippen molar-refractivity contribution in [2.75, 3.05) is 20.3 Å². The Bertz CT molecular complexity index is 306. The van der Waals surface area contributed by atoms with Crippen LogP contribution in [-0.2, 0) is 14.3 Å². The predicted octanol–water partition coefficient (Wildman–Crippen LogP) is -0.164. The molecule has 1 aliphatic rings. The topological polar surface area (TPSA) is 87.7 Å². The quantitative estimate of drug-likeness (QED) is 0.616. The maximum absolute atomic E-state index is 12.0. The van der Waals surface area contributed by atoms with Crippen LogP contribution >= 0.6 is 0 Å². The van der Waals surface area contributed by atoms with Crippen LogP contribution in [-0.4, -0.2) is 49.3 Å². The zero-order valence-electron chi connectivity index (χ0n) is 11.1. The zero-order chi connectivity index (χ0) is 13.7. The Morgan fingerprint density at radius 2 is 2.06 bits per heavy atom. The molecule has 0 spiro atoms. The third-order valence-electron chi connectivity index (χ3n) is 3.11. The van der Waals surface area contributed by atoms with Crippen molar-refractivity contribution in [3.8, 4) is 0 Å². The van der Waals surface area contributed by atoms with Gasteiger partial charge < -0.3 is 20.5 Å². The maximum Gasteiger partial charge on any atom is 0.326 e. The molecule has 0 aliphatic carbocycles. The second-order valence-corrected chi connectivity index (χ2v) is 5.07. The lowest BCUT2D eigenvalue weighted by Gasteiger charge is -2.21. The van der Waals surface area contributed by atoms with Gasteiger partial charge in [-0.2, -0.15) is 0 Å². The van der Waals surface area contributed by atoms with Gasteiger partial charge in [-0.05, 0) is 19.4 Å². The van der Waals surface area contributed by atoms with Gasteiger partial charge in [0.05, 0.1) is 19.1 Å². The number of carbonyl (C=O) groups is 2. The van der Waals surface area contributed by atoms with Crippen LogP contribution in [0.15, 0.2) is 0 Å². The van der Waals surface area contributed by atoms with E-state index in [2.05, 4.69) is 10.6 Å². The molecule has 0 aromatic heterocycles. The molecule has 1 aliphatic heterocycles. The molecule has 0 bridgehead atoms. The molecule has 3 atom stereocenters. The van der Waals surface area contributed by atoms with Crippen molar-refractivity contribution in [3.63, 3.8) is 0 Å². The maximum atomic E-state index is 12.0. The number of nitrogens with one attached hydrogen (secondary N) is 2. The highest BCUT2D eigenvalue weighted by atomic mass is 16.5. The average Bonchev–Trinajstić information content (AvgIpc) is 2.75. The van der Waals surface area contributed by atoms with Crippen LogP contribution in [0, 0.1) is 11.8 Å². The summed E-state index contributed by atoms with van der Waals surface area (Å²) in [5.74, 6) is -1.34. The van der Waals surface area contributed by atoms with Gasteiger partial charge in [-0.1, -0.05) is 13.8 Å². The van der Waals surface area contributed by atoms with Crippen molar-refractivity contribution in [2.45, 2.75) is 32.4 Å². The molecule has 1 fully saturated rings. The van der Waals surface area contributed by atoms with E-state index in [-0.39, 0.29) is 23.8 Å². The van der Waals surface area contributed by atoms with Crippen molar-refractivity contribution in [1.29, 1.82) is 0 Å². The van der Waals surface area contributed by atoms with E-state index in [1.54, 1.807) is 7.05 Å². The third-order valence-corrected chi connectivity index (χ3v) is 3.11. The van der Waals surface area contributed by atoms with Gasteiger partial charge in [-0.25, -0.2) is 4.79 Å². The minimum atomic E-state index is -0.989. The second-order valence-electron chi connectivity index (χ2n) is 5.07. The number of carboxylic acids is 1. The Morgan fingerprint density at radius 1 is 1.39 bits per heavy atom. The Hall–Kier alpha value is -1.14. The Kier molecular flexibility index (Phi) is 5.55. The fraction of sp³-hybridized carbons (Fsp3) is 0.833. The van der Waals surface area contributed by atoms with E-state index in [0.29, 0.717) is 19.6 Å². The second kappa shape index (κ2) is 6.70. The highest BCUT2D eigenvalue weighted by Crippen LogP contribution is 2.14. The molecular formula is C12H22N2O4. The summed E-state index contributed by atoms with van der Waals surface area (Å²) in [5.41, 5.74) is 0. The van der Waals surface area contributed by atoms with E-state index in [4.69, 9.17) is 9.84 Å². The molecule has 2 unspecified atom stereocenters. The minimum absolute atomic E-state index is 0.0431. The van der Waals surface area contributed by atoms with Gasteiger partial charge in [-0.15, -0.1) is 0 Å². The van der Waals surface area contributed by atoms with Gasteiger partial charge in [-0.3, -0.25) is 4.79 Å². The predicted molar refractivity (Wildman–Crippen MR) is 66.2 cm³/mol. The molecule has 1 saturated heterocycles. The average molecular weight is 258 g/mol. The summed E-state index contributed by atoms with van der Waals surface area (Å²) in [7, 11) is 1.77. The van der Waals surface area contributed by atoms with E-state index < -0.39 is 12.0 Å². The van der Waals surface area contributed by atoms with Crippen LogP contribution in [0.4, 0.5) is 0 Å². The number of likely N-dealkylation sites (N-methyl/N-ethyl adjacent to an activating group) is 1. The van der Waals surface area contributed by atoms with Crippen LogP contribution in [0.5, 0.6) is 0 Å². The standard InChI is InChI=1S/C12H22N2O4/c1-7(2)4-9(12(16)17)14-11(15)8-5-18-6-10(8)13-3/h7-10,13H,4-6H2,1-3H3,(H,14,15)(H,16,17)/t8?,9-,10?/m0/s1. The molecule has 1 amide bonds. The SMILES string of the molecule is CNC1COCC1C(=O)N[C@@H](CC(C)C)C(=O)O. The van der Waals surface area contributed by atoms with Crippen LogP contribution < -0.4 is 10.6 Å². The lowest BCUT2D eigenvalue weighted by molar-refractivity contribution is -0.143. The molecule has 6 nitrogen and oxygen atoms in total. The van der Waals surface area contributed by atoms with Crippen molar-refractivity contribution in [1.82, 2.24) is 10.6 Å². The first-order chi connectivity index (χ1) is 8.45. The number of aliphatic carboxylic acids is 1. The van der Waals surface area contributed by atoms with Gasteiger partial charge in [0.2, 0.25) is 5.91 Å². The van der Waals surface area contributed by atoms with E-state index in [9.17, 15) is 9.59 Å². The monoisotopic (exact) mass is 258 g/mol. The third kappa shape index (κ3) is 3.96. The van der Waals surface area contributed by atoms with Gasteiger partial charge in [0.15, 0.2) is 0 Å². The summed E-state index contributed by atoms with van der Waals surface area (Å²) in [6.45, 7) is 4.68. The molecular weight excluding hydrogens is 236 g/mol. The lowest BCUT2D eigenvalue weighted by atomic mass is 10.00. The first-order valence-corrected chi connectivity index (χ1v) is 6.23. The Morgan fingerprint density at radius 3 is 2.56 bits per heavy atom. The molecule has 0 aromatic carbocycles. The summed E-state index contributed by atoms with van der Waals surface area (Å²) in [6.07, 6.45) is 0.429. The number of carbonyl (C=O) groups excluding carboxylic acids is 1. The van der Waals surface area contributed by atoms with Crippen molar-refractivity contribution < 1.29 is 19.4 Å². The van der Waals surface area contributed by atoms with Gasteiger partial charge in [0.1, 0.15) is 6.04 Å². The first-order valence-electron chi connectivity index (χ1n) is 6.23. The van der Waals surface area contributed by atoms with Gasteiger partial charge in [0.25, 0.3) is 0 Å². The van der Waals surface area contributed by atoms with Gasteiger partial charge >= 0.3 is 5.97 Å². The molecule has 1 rings (SSSR count). The van der Waals surface area contributed by atoms with Crippen LogP contribution in [0.3, 0.4) is 0 Å². The smallest absolute Gasteiger partial charge is 0.326 e. The summed E-state index contributed by atoms with van der Waals surface area (Å²) >= 11 is 0. The number of carboxylic acid groups (broad SMARTS) is 1. The number of amides is 1. The van der Waals surface area contributed by atoms with Crippen LogP contribution in [0.2, 0.25) is 0 Å². The number of ether oxygens (including phenoxy) is 1. The molecule has 1 heterocycles. The largest absolute Gasteiger partial charge is 0.480 e. The van der Waals surface area contributed by atoms with Crippen molar-refractivity contribution in [3.05, 3.63) is 0 Å². The Labute approximate surface area is 107 Å². The summed E-state index contributed by atoms with van der Waals surface area (Å²) in [6, 6.07) is -0.867. The van der Waals surface area contributed by atoms with Crippen LogP contribution in [0.1, 0.15) is 20.3 Å². The molecule has 6 heteroatoms. The number of hydrogen-bond acceptors (Lipinski definition) is 4. The normalized spacial score (nSPS) is 25.1. The van der Waals surface area contributed by atoms with E-state index >= 15 is 0 Å². The molecule has 104 valence electrons. The summed E-state index contributed by atoms with van der Waals surface area (Å²) in [4.78, 5) is 23.1. The molecule has 0 radical (unpaired) electrons. The molecule has 18 heavy (non-hydrogen) atoms. The van der Waals surface area contributed by atoms with Crippen molar-refractivity contribution >= 4 is 11.9 Å². The minimum Gasteiger partial charge on any atom is -0.480 e. The molecule has 0 saturated carbocycles. The molecule has 0 aromatic rings. The summed E-state index contributed by atoms with van der Waals surface area (Å²) in [5, 5.41) is 14.7. The highest BCUT2D eigenvalue weighted by Gasteiger charge is 2.35. The van der Waals surface area contributed by atoms with Crippen LogP contribution in [0.25, 0.3) is 0 Å². The highest BCUT2D eigenvalue weighted by molar-refractivity contribution is 5.85. The number of rotatable bonds is 6. The van der Waals surface area contributed by atoms with E-state index in [1.165, 1.54) is 0 Å². The zero-order valence-corrected chi connectivity index (χ0v) is 11.1. The molecule has 3 N–H and O–H groups in total. The lowest BCUT2D eigenvalue weighted by Crippen LogP contribution is -2.48. The Balaban J connectivity index is 2.58. The number of hydrogen-bond donors (Lipinski definition) is 3. The first kappa shape index (κ1) is 14.9. The fourth-order valence-electron chi connectivity index (χ4n) is 2.07. The van der Waals surface area contributed by atoms with E-state index in [0.717, 1.165) is 0 Å².